The standard InChI is InChI=1S/C13H10BFN2O3/c15-10-1-2-13(12(6-10)14(18)19)20-8-9-3-4-17-11(5-9)7-16/h1-6,18-19H,8H2. The number of pyridine rings is 1. The Morgan fingerprint density at radius 1 is 1.30 bits per heavy atom. The molecule has 1 heterocycles. The van der Waals surface area contributed by atoms with E-state index < -0.39 is 12.9 Å². The molecule has 0 amide bonds. The number of nitriles is 1. The molecule has 0 spiro atoms. The van der Waals surface area contributed by atoms with Crippen LogP contribution in [0.2, 0.25) is 0 Å². The summed E-state index contributed by atoms with van der Waals surface area (Å²) < 4.78 is 18.5. The molecule has 5 nitrogen and oxygen atoms in total. The summed E-state index contributed by atoms with van der Waals surface area (Å²) in [5.41, 5.74) is 0.895. The number of benzene rings is 1. The lowest BCUT2D eigenvalue weighted by molar-refractivity contribution is 0.306. The van der Waals surface area contributed by atoms with E-state index in [1.807, 2.05) is 6.07 Å². The normalized spacial score (nSPS) is 9.90. The zero-order valence-corrected chi connectivity index (χ0v) is 10.3. The molecule has 0 atom stereocenters. The largest absolute Gasteiger partial charge is 0.492 e. The number of hydrogen-bond donors (Lipinski definition) is 2. The summed E-state index contributed by atoms with van der Waals surface area (Å²) in [6.07, 6.45) is 1.48. The van der Waals surface area contributed by atoms with Crippen molar-refractivity contribution in [1.29, 1.82) is 5.26 Å². The summed E-state index contributed by atoms with van der Waals surface area (Å²) in [5.74, 6) is -0.423. The maximum absolute atomic E-state index is 13.0. The highest BCUT2D eigenvalue weighted by atomic mass is 19.1. The van der Waals surface area contributed by atoms with Crippen LogP contribution in [0.15, 0.2) is 36.5 Å². The van der Waals surface area contributed by atoms with Gasteiger partial charge in [0.1, 0.15) is 29.9 Å². The third-order valence-corrected chi connectivity index (χ3v) is 2.58. The Hall–Kier alpha value is -2.43. The van der Waals surface area contributed by atoms with E-state index in [4.69, 9.17) is 20.0 Å². The maximum Gasteiger partial charge on any atom is 0.492 e. The number of ether oxygens (including phenoxy) is 1. The van der Waals surface area contributed by atoms with Gasteiger partial charge in [-0.3, -0.25) is 0 Å². The second-order valence-corrected chi connectivity index (χ2v) is 4.01. The van der Waals surface area contributed by atoms with Gasteiger partial charge in [0, 0.05) is 11.7 Å². The average Bonchev–Trinajstić information content (AvgIpc) is 2.46. The number of rotatable bonds is 4. The van der Waals surface area contributed by atoms with Crippen LogP contribution in [0.1, 0.15) is 11.3 Å². The molecule has 0 bridgehead atoms. The van der Waals surface area contributed by atoms with Gasteiger partial charge in [-0.25, -0.2) is 9.37 Å². The van der Waals surface area contributed by atoms with E-state index in [2.05, 4.69) is 4.98 Å². The van der Waals surface area contributed by atoms with E-state index >= 15 is 0 Å². The molecule has 20 heavy (non-hydrogen) atoms. The Morgan fingerprint density at radius 3 is 2.80 bits per heavy atom. The van der Waals surface area contributed by atoms with Crippen molar-refractivity contribution in [2.45, 2.75) is 6.61 Å². The van der Waals surface area contributed by atoms with E-state index in [-0.39, 0.29) is 23.5 Å². The van der Waals surface area contributed by atoms with E-state index in [1.54, 1.807) is 12.1 Å². The SMILES string of the molecule is N#Cc1cc(COc2ccc(F)cc2B(O)O)ccn1. The van der Waals surface area contributed by atoms with Gasteiger partial charge >= 0.3 is 7.12 Å². The summed E-state index contributed by atoms with van der Waals surface area (Å²) >= 11 is 0. The van der Waals surface area contributed by atoms with Crippen molar-refractivity contribution in [3.8, 4) is 11.8 Å². The molecule has 0 saturated heterocycles. The minimum atomic E-state index is -1.83. The van der Waals surface area contributed by atoms with Crippen LogP contribution >= 0.6 is 0 Å². The first-order valence-corrected chi connectivity index (χ1v) is 5.73. The van der Waals surface area contributed by atoms with Crippen molar-refractivity contribution in [2.75, 3.05) is 0 Å². The zero-order valence-electron chi connectivity index (χ0n) is 10.3. The molecule has 2 N–H and O–H groups in total. The van der Waals surface area contributed by atoms with Crippen LogP contribution in [0.25, 0.3) is 0 Å². The third-order valence-electron chi connectivity index (χ3n) is 2.58. The molecule has 2 rings (SSSR count). The molecule has 0 aliphatic carbocycles. The highest BCUT2D eigenvalue weighted by molar-refractivity contribution is 6.59. The second kappa shape index (κ2) is 6.15. The van der Waals surface area contributed by atoms with Crippen molar-refractivity contribution < 1.29 is 19.2 Å². The van der Waals surface area contributed by atoms with Crippen LogP contribution < -0.4 is 10.2 Å². The highest BCUT2D eigenvalue weighted by Gasteiger charge is 2.18. The second-order valence-electron chi connectivity index (χ2n) is 4.01. The molecule has 0 saturated carbocycles. The number of nitrogens with zero attached hydrogens (tertiary/aromatic N) is 2. The van der Waals surface area contributed by atoms with Crippen LogP contribution in [0.4, 0.5) is 4.39 Å². The molecule has 2 aromatic rings. The first-order chi connectivity index (χ1) is 9.60. The molecular weight excluding hydrogens is 262 g/mol. The highest BCUT2D eigenvalue weighted by Crippen LogP contribution is 2.12. The smallest absolute Gasteiger partial charge is 0.489 e. The number of hydrogen-bond acceptors (Lipinski definition) is 5. The molecule has 7 heteroatoms. The lowest BCUT2D eigenvalue weighted by atomic mass is 9.79. The summed E-state index contributed by atoms with van der Waals surface area (Å²) in [6, 6.07) is 8.60. The van der Waals surface area contributed by atoms with Gasteiger partial charge in [0.05, 0.1) is 0 Å². The molecule has 100 valence electrons. The van der Waals surface area contributed by atoms with Gasteiger partial charge in [-0.1, -0.05) is 0 Å². The molecule has 1 aromatic heterocycles. The summed E-state index contributed by atoms with van der Waals surface area (Å²) in [6.45, 7) is 0.0998. The van der Waals surface area contributed by atoms with Crippen molar-refractivity contribution in [3.05, 3.63) is 53.6 Å². The summed E-state index contributed by atoms with van der Waals surface area (Å²) in [5, 5.41) is 27.1. The van der Waals surface area contributed by atoms with Gasteiger partial charge in [0.2, 0.25) is 0 Å². The Labute approximate surface area is 115 Å². The zero-order chi connectivity index (χ0) is 14.5. The topological polar surface area (TPSA) is 86.4 Å². The third kappa shape index (κ3) is 3.32. The van der Waals surface area contributed by atoms with Crippen molar-refractivity contribution in [2.24, 2.45) is 0 Å². The fourth-order valence-electron chi connectivity index (χ4n) is 1.64. The van der Waals surface area contributed by atoms with Crippen molar-refractivity contribution in [3.63, 3.8) is 0 Å². The van der Waals surface area contributed by atoms with E-state index in [9.17, 15) is 4.39 Å². The number of aromatic nitrogens is 1. The predicted octanol–water partition coefficient (Wildman–Crippen LogP) is 0.351. The van der Waals surface area contributed by atoms with Gasteiger partial charge in [-0.15, -0.1) is 0 Å². The Morgan fingerprint density at radius 2 is 2.10 bits per heavy atom. The minimum absolute atomic E-state index is 0.0560. The summed E-state index contributed by atoms with van der Waals surface area (Å²) in [4.78, 5) is 3.82. The molecular formula is C13H10BFN2O3. The van der Waals surface area contributed by atoms with Crippen LogP contribution in [0.5, 0.6) is 5.75 Å². The summed E-state index contributed by atoms with van der Waals surface area (Å²) in [7, 11) is -1.83. The van der Waals surface area contributed by atoms with Gasteiger partial charge in [-0.05, 0) is 35.9 Å². The fourth-order valence-corrected chi connectivity index (χ4v) is 1.64. The lowest BCUT2D eigenvalue weighted by Gasteiger charge is -2.11. The van der Waals surface area contributed by atoms with Crippen molar-refractivity contribution in [1.82, 2.24) is 4.98 Å². The van der Waals surface area contributed by atoms with Crippen LogP contribution in [0.3, 0.4) is 0 Å². The first-order valence-electron chi connectivity index (χ1n) is 5.73. The predicted molar refractivity (Wildman–Crippen MR) is 69.5 cm³/mol. The molecule has 0 radical (unpaired) electrons. The maximum atomic E-state index is 13.0. The minimum Gasteiger partial charge on any atom is -0.489 e. The van der Waals surface area contributed by atoms with E-state index in [0.29, 0.717) is 5.56 Å². The van der Waals surface area contributed by atoms with Crippen LogP contribution in [0, 0.1) is 17.1 Å². The van der Waals surface area contributed by atoms with Gasteiger partial charge < -0.3 is 14.8 Å². The number of halogens is 1. The molecule has 1 aromatic carbocycles. The van der Waals surface area contributed by atoms with Crippen LogP contribution in [-0.2, 0) is 6.61 Å². The monoisotopic (exact) mass is 272 g/mol. The van der Waals surface area contributed by atoms with E-state index in [0.717, 1.165) is 12.1 Å². The lowest BCUT2D eigenvalue weighted by Crippen LogP contribution is -2.31. The van der Waals surface area contributed by atoms with Gasteiger partial charge in [0.25, 0.3) is 0 Å². The van der Waals surface area contributed by atoms with Gasteiger partial charge in [-0.2, -0.15) is 5.26 Å². The average molecular weight is 272 g/mol. The molecule has 0 unspecified atom stereocenters. The Bertz CT molecular complexity index is 658. The Kier molecular flexibility index (Phi) is 4.30. The molecule has 0 aliphatic heterocycles. The quantitative estimate of drug-likeness (QED) is 0.784. The first kappa shape index (κ1) is 14.0. The van der Waals surface area contributed by atoms with Crippen LogP contribution in [-0.4, -0.2) is 22.2 Å². The fraction of sp³-hybridized carbons (Fsp3) is 0.0769. The van der Waals surface area contributed by atoms with Gasteiger partial charge in [0.15, 0.2) is 0 Å². The Balaban J connectivity index is 2.16. The van der Waals surface area contributed by atoms with Crippen molar-refractivity contribution >= 4 is 12.6 Å². The van der Waals surface area contributed by atoms with E-state index in [1.165, 1.54) is 12.3 Å². The molecule has 0 aliphatic rings. The molecule has 0 fully saturated rings.